The summed E-state index contributed by atoms with van der Waals surface area (Å²) in [5, 5.41) is 14.7. The molecule has 7 heteroatoms. The van der Waals surface area contributed by atoms with Crippen molar-refractivity contribution >= 4 is 18.0 Å². The zero-order chi connectivity index (χ0) is 22.3. The molecular formula is C25H26N2O5. The zero-order valence-corrected chi connectivity index (χ0v) is 17.7. The van der Waals surface area contributed by atoms with Gasteiger partial charge in [-0.3, -0.25) is 4.79 Å². The number of carboxylic acid groups (broad SMARTS) is 1. The molecule has 2 aromatic carbocycles. The number of carbonyl (C=O) groups is 3. The van der Waals surface area contributed by atoms with E-state index >= 15 is 0 Å². The summed E-state index contributed by atoms with van der Waals surface area (Å²) < 4.78 is 5.57. The van der Waals surface area contributed by atoms with Crippen LogP contribution in [0.4, 0.5) is 4.79 Å². The number of nitrogens with one attached hydrogen (secondary N) is 2. The largest absolute Gasteiger partial charge is 0.480 e. The maximum absolute atomic E-state index is 12.7. The van der Waals surface area contributed by atoms with Crippen molar-refractivity contribution in [3.63, 3.8) is 0 Å². The number of fused-ring (bicyclic) bond motifs is 3. The van der Waals surface area contributed by atoms with Gasteiger partial charge >= 0.3 is 12.1 Å². The van der Waals surface area contributed by atoms with Crippen LogP contribution in [-0.2, 0) is 14.3 Å². The number of hydrogen-bond acceptors (Lipinski definition) is 4. The molecule has 5 rings (SSSR count). The molecule has 2 amide bonds. The molecule has 3 N–H and O–H groups in total. The van der Waals surface area contributed by atoms with E-state index in [1.54, 1.807) is 0 Å². The van der Waals surface area contributed by atoms with Gasteiger partial charge in [-0.15, -0.1) is 0 Å². The van der Waals surface area contributed by atoms with Gasteiger partial charge in [0, 0.05) is 5.92 Å². The Balaban J connectivity index is 1.24. The summed E-state index contributed by atoms with van der Waals surface area (Å²) in [6, 6.07) is 15.4. The van der Waals surface area contributed by atoms with E-state index in [2.05, 4.69) is 22.8 Å². The van der Waals surface area contributed by atoms with Crippen LogP contribution in [0.1, 0.15) is 49.1 Å². The summed E-state index contributed by atoms with van der Waals surface area (Å²) in [5.41, 5.74) is 3.34. The summed E-state index contributed by atoms with van der Waals surface area (Å²) >= 11 is 0. The van der Waals surface area contributed by atoms with Crippen molar-refractivity contribution in [1.29, 1.82) is 0 Å². The molecule has 2 aromatic rings. The Labute approximate surface area is 186 Å². The molecule has 3 aliphatic rings. The summed E-state index contributed by atoms with van der Waals surface area (Å²) in [7, 11) is 0. The highest BCUT2D eigenvalue weighted by Crippen LogP contribution is 2.44. The summed E-state index contributed by atoms with van der Waals surface area (Å²) in [4.78, 5) is 36.8. The standard InChI is InChI=1S/C25H26N2O5/c28-22(27-25(11-12-25)23(29)30)21(13-15-9-10-15)26-24(31)32-14-20-18-7-3-1-5-16(18)17-6-2-4-8-19(17)20/h1-8,15,20-21H,9-14H2,(H,26,31)(H,27,28)(H,29,30). The average molecular weight is 434 g/mol. The van der Waals surface area contributed by atoms with Crippen molar-refractivity contribution in [2.24, 2.45) is 5.92 Å². The van der Waals surface area contributed by atoms with E-state index in [9.17, 15) is 19.5 Å². The lowest BCUT2D eigenvalue weighted by Gasteiger charge is -2.21. The van der Waals surface area contributed by atoms with Gasteiger partial charge in [0.1, 0.15) is 18.2 Å². The van der Waals surface area contributed by atoms with E-state index in [0.717, 1.165) is 35.1 Å². The van der Waals surface area contributed by atoms with Crippen LogP contribution in [-0.4, -0.2) is 41.3 Å². The van der Waals surface area contributed by atoms with Gasteiger partial charge in [0.25, 0.3) is 0 Å². The maximum Gasteiger partial charge on any atom is 0.407 e. The summed E-state index contributed by atoms with van der Waals surface area (Å²) in [6.07, 6.45) is 2.68. The lowest BCUT2D eigenvalue weighted by Crippen LogP contribution is -2.53. The molecule has 7 nitrogen and oxygen atoms in total. The zero-order valence-electron chi connectivity index (χ0n) is 17.7. The average Bonchev–Trinajstić information content (AvgIpc) is 3.71. The maximum atomic E-state index is 12.7. The van der Waals surface area contributed by atoms with Crippen LogP contribution in [0.2, 0.25) is 0 Å². The number of aliphatic carboxylic acids is 1. The van der Waals surface area contributed by atoms with Gasteiger partial charge < -0.3 is 20.5 Å². The van der Waals surface area contributed by atoms with E-state index in [1.807, 2.05) is 36.4 Å². The Kier molecular flexibility index (Phi) is 5.12. The molecule has 0 saturated heterocycles. The number of carboxylic acids is 1. The molecule has 0 bridgehead atoms. The lowest BCUT2D eigenvalue weighted by atomic mass is 9.98. The number of rotatable bonds is 8. The van der Waals surface area contributed by atoms with Gasteiger partial charge in [-0.1, -0.05) is 61.4 Å². The normalized spacial score (nSPS) is 18.8. The van der Waals surface area contributed by atoms with Crippen molar-refractivity contribution in [2.45, 2.75) is 49.6 Å². The van der Waals surface area contributed by atoms with Gasteiger partial charge in [-0.2, -0.15) is 0 Å². The molecule has 0 spiro atoms. The Morgan fingerprint density at radius 2 is 1.59 bits per heavy atom. The van der Waals surface area contributed by atoms with Crippen molar-refractivity contribution in [3.8, 4) is 11.1 Å². The molecule has 166 valence electrons. The van der Waals surface area contributed by atoms with Crippen LogP contribution in [0, 0.1) is 5.92 Å². The second kappa shape index (κ2) is 7.97. The highest BCUT2D eigenvalue weighted by molar-refractivity contribution is 5.93. The van der Waals surface area contributed by atoms with Crippen molar-refractivity contribution in [3.05, 3.63) is 59.7 Å². The third-order valence-corrected chi connectivity index (χ3v) is 6.74. The predicted octanol–water partition coefficient (Wildman–Crippen LogP) is 3.43. The minimum Gasteiger partial charge on any atom is -0.480 e. The number of alkyl carbamates (subject to hydrolysis) is 1. The van der Waals surface area contributed by atoms with Crippen LogP contribution in [0.5, 0.6) is 0 Å². The molecule has 2 saturated carbocycles. The van der Waals surface area contributed by atoms with Crippen LogP contribution in [0.3, 0.4) is 0 Å². The first-order chi connectivity index (χ1) is 15.5. The van der Waals surface area contributed by atoms with Crippen molar-refractivity contribution in [2.75, 3.05) is 6.61 Å². The molecule has 0 heterocycles. The molecule has 0 aliphatic heterocycles. The van der Waals surface area contributed by atoms with Gasteiger partial charge in [0.15, 0.2) is 0 Å². The first-order valence-corrected chi connectivity index (χ1v) is 11.1. The monoisotopic (exact) mass is 434 g/mol. The smallest absolute Gasteiger partial charge is 0.407 e. The number of hydrogen-bond donors (Lipinski definition) is 3. The second-order valence-corrected chi connectivity index (χ2v) is 9.08. The Morgan fingerprint density at radius 3 is 2.12 bits per heavy atom. The van der Waals surface area contributed by atoms with Crippen molar-refractivity contribution in [1.82, 2.24) is 10.6 Å². The van der Waals surface area contributed by atoms with Gasteiger partial charge in [-0.05, 0) is 47.4 Å². The number of amides is 2. The Morgan fingerprint density at radius 1 is 1.00 bits per heavy atom. The van der Waals surface area contributed by atoms with Crippen molar-refractivity contribution < 1.29 is 24.2 Å². The topological polar surface area (TPSA) is 105 Å². The predicted molar refractivity (Wildman–Crippen MR) is 117 cm³/mol. The minimum absolute atomic E-state index is 0.0643. The molecule has 0 radical (unpaired) electrons. The van der Waals surface area contributed by atoms with Crippen LogP contribution >= 0.6 is 0 Å². The SMILES string of the molecule is O=C(NC(CC1CC1)C(=O)NC1(C(=O)O)CC1)OCC1c2ccccc2-c2ccccc21. The summed E-state index contributed by atoms with van der Waals surface area (Å²) in [6.45, 7) is 0.163. The number of carbonyl (C=O) groups excluding carboxylic acids is 2. The fourth-order valence-corrected chi connectivity index (χ4v) is 4.54. The van der Waals surface area contributed by atoms with Gasteiger partial charge in [-0.25, -0.2) is 9.59 Å². The number of ether oxygens (including phenoxy) is 1. The first-order valence-electron chi connectivity index (χ1n) is 11.1. The van der Waals surface area contributed by atoms with E-state index in [4.69, 9.17) is 4.74 Å². The van der Waals surface area contributed by atoms with Gasteiger partial charge in [0.05, 0.1) is 0 Å². The van der Waals surface area contributed by atoms with Crippen LogP contribution in [0.25, 0.3) is 11.1 Å². The molecule has 0 aromatic heterocycles. The van der Waals surface area contributed by atoms with E-state index in [0.29, 0.717) is 25.2 Å². The third kappa shape index (κ3) is 3.95. The molecule has 32 heavy (non-hydrogen) atoms. The Bertz CT molecular complexity index is 1030. The van der Waals surface area contributed by atoms with E-state index in [-0.39, 0.29) is 12.5 Å². The first kappa shape index (κ1) is 20.5. The highest BCUT2D eigenvalue weighted by Gasteiger charge is 2.52. The second-order valence-electron chi connectivity index (χ2n) is 9.08. The fourth-order valence-electron chi connectivity index (χ4n) is 4.54. The highest BCUT2D eigenvalue weighted by atomic mass is 16.5. The quantitative estimate of drug-likeness (QED) is 0.590. The minimum atomic E-state index is -1.18. The van der Waals surface area contributed by atoms with E-state index < -0.39 is 29.6 Å². The third-order valence-electron chi connectivity index (χ3n) is 6.74. The van der Waals surface area contributed by atoms with Crippen LogP contribution < -0.4 is 10.6 Å². The lowest BCUT2D eigenvalue weighted by molar-refractivity contribution is -0.143. The fraction of sp³-hybridized carbons (Fsp3) is 0.400. The molecule has 1 unspecified atom stereocenters. The van der Waals surface area contributed by atoms with Gasteiger partial charge in [0.2, 0.25) is 5.91 Å². The molecule has 2 fully saturated rings. The van der Waals surface area contributed by atoms with E-state index in [1.165, 1.54) is 0 Å². The summed E-state index contributed by atoms with van der Waals surface area (Å²) in [5.74, 6) is -1.17. The molecule has 3 aliphatic carbocycles. The number of benzene rings is 2. The van der Waals surface area contributed by atoms with Crippen LogP contribution in [0.15, 0.2) is 48.5 Å². The Hall–Kier alpha value is -3.35. The molecule has 1 atom stereocenters. The molecular weight excluding hydrogens is 408 g/mol.